The summed E-state index contributed by atoms with van der Waals surface area (Å²) in [5, 5.41) is 0. The molecule has 0 atom stereocenters. The fourth-order valence-electron chi connectivity index (χ4n) is 2.49. The molecule has 10 N–H and O–H groups in total. The molecule has 0 saturated heterocycles. The molecule has 0 amide bonds. The van der Waals surface area contributed by atoms with E-state index in [-0.39, 0.29) is 257 Å². The van der Waals surface area contributed by atoms with Crippen LogP contribution >= 0.6 is 38.0 Å². The van der Waals surface area contributed by atoms with Crippen molar-refractivity contribution in [3.05, 3.63) is 0 Å². The summed E-state index contributed by atoms with van der Waals surface area (Å²) in [6, 6.07) is 0. The van der Waals surface area contributed by atoms with Crippen LogP contribution in [-0.2, 0) is 22.8 Å². The molecule has 0 rings (SSSR count). The van der Waals surface area contributed by atoms with E-state index in [1.54, 1.807) is 0 Å². The van der Waals surface area contributed by atoms with Crippen LogP contribution in [0.1, 0.15) is 0 Å². The van der Waals surface area contributed by atoms with E-state index in [0.29, 0.717) is 9.80 Å². The smallest absolute Gasteiger partial charge is 0.324 e. The summed E-state index contributed by atoms with van der Waals surface area (Å²) in [5.41, 5.74) is 0. The Bertz CT molecular complexity index is 742. The Hall–Kier alpha value is 8.81. The summed E-state index contributed by atoms with van der Waals surface area (Å²) >= 11 is 0. The standard InChI is InChI=1S/C9H28N3O15P5.5K/c13-28(14,15)5-10(1-3-11(6-29(16,17)18)7-30(19,20)21)2-4-12(8-31(22,23)24)9-32(25,26)27;;;;;/h1-9H2,(H2,13,14,15)(H2,16,17,18)(H2,19,20,21)(H2,22,23,24)(H2,25,26,27);;;;;. The van der Waals surface area contributed by atoms with E-state index in [0.717, 1.165) is 4.90 Å². The van der Waals surface area contributed by atoms with Gasteiger partial charge in [-0.2, -0.15) is 0 Å². The summed E-state index contributed by atoms with van der Waals surface area (Å²) in [5.74, 6) is 0. The molecule has 18 nitrogen and oxygen atoms in total. The maximum absolute atomic E-state index is 11.4. The van der Waals surface area contributed by atoms with Crippen LogP contribution in [0.3, 0.4) is 0 Å². The molecule has 37 heavy (non-hydrogen) atoms. The maximum atomic E-state index is 11.4. The number of rotatable bonds is 16. The van der Waals surface area contributed by atoms with Crippen molar-refractivity contribution >= 4 is 295 Å². The fourth-order valence-corrected chi connectivity index (χ4v) is 6.66. The number of hydrogen-bond donors (Lipinski definition) is 10. The molecule has 0 fully saturated rings. The SMILES string of the molecule is O=P(O)(O)CN(CCN(CP(=O)(O)O)CP(=O)(O)O)CCN(CP(=O)(O)O)CP(=O)(O)O.[K].[K].[K].[K].[K]. The van der Waals surface area contributed by atoms with E-state index in [2.05, 4.69) is 0 Å². The predicted molar refractivity (Wildman–Crippen MR) is 138 cm³/mol. The van der Waals surface area contributed by atoms with Crippen molar-refractivity contribution in [3.63, 3.8) is 0 Å². The molecular formula is C9H28K5N3O15P5. The van der Waals surface area contributed by atoms with Crippen LogP contribution < -0.4 is 0 Å². The average Bonchev–Trinajstić information content (AvgIpc) is 2.41. The molecule has 0 bridgehead atoms. The first-order valence-electron chi connectivity index (χ1n) is 8.34. The van der Waals surface area contributed by atoms with Gasteiger partial charge in [-0.15, -0.1) is 0 Å². The molecular weight excluding hydrogens is 740 g/mol. The van der Waals surface area contributed by atoms with Crippen molar-refractivity contribution in [1.29, 1.82) is 0 Å². The quantitative estimate of drug-likeness (QED) is 0.0524. The van der Waals surface area contributed by atoms with Crippen LogP contribution in [0.4, 0.5) is 0 Å². The first-order chi connectivity index (χ1) is 13.9. The zero-order chi connectivity index (χ0) is 25.6. The zero-order valence-corrected chi connectivity index (χ0v) is 41.5. The molecule has 0 aliphatic heterocycles. The second-order valence-corrected chi connectivity index (χ2v) is 15.0. The van der Waals surface area contributed by atoms with Crippen molar-refractivity contribution in [2.75, 3.05) is 57.6 Å². The van der Waals surface area contributed by atoms with E-state index in [1.165, 1.54) is 0 Å². The van der Waals surface area contributed by atoms with Crippen molar-refractivity contribution in [2.24, 2.45) is 0 Å². The second-order valence-electron chi connectivity index (χ2n) is 6.94. The maximum Gasteiger partial charge on any atom is 0.339 e. The Morgan fingerprint density at radius 2 is 0.459 bits per heavy atom. The van der Waals surface area contributed by atoms with Gasteiger partial charge in [-0.25, -0.2) is 0 Å². The van der Waals surface area contributed by atoms with Crippen molar-refractivity contribution in [2.45, 2.75) is 0 Å². The molecule has 0 aromatic carbocycles. The molecule has 0 unspecified atom stereocenters. The second kappa shape index (κ2) is 26.7. The molecule has 0 aliphatic rings. The topological polar surface area (TPSA) is 297 Å². The summed E-state index contributed by atoms with van der Waals surface area (Å²) in [7, 11) is -23.8. The van der Waals surface area contributed by atoms with Gasteiger partial charge in [0.05, 0.1) is 0 Å². The van der Waals surface area contributed by atoms with Gasteiger partial charge in [0, 0.05) is 283 Å². The average molecular weight is 769 g/mol. The third-order valence-electron chi connectivity index (χ3n) is 3.39. The van der Waals surface area contributed by atoms with E-state index in [9.17, 15) is 32.6 Å². The van der Waals surface area contributed by atoms with Crippen LogP contribution in [0.5, 0.6) is 0 Å². The summed E-state index contributed by atoms with van der Waals surface area (Å²) in [6.45, 7) is -1.78. The summed E-state index contributed by atoms with van der Waals surface area (Å²) in [6.07, 6.45) is -5.21. The van der Waals surface area contributed by atoms with Gasteiger partial charge in [-0.05, 0) is 0 Å². The molecule has 0 spiro atoms. The van der Waals surface area contributed by atoms with E-state index < -0.39 is 95.6 Å². The van der Waals surface area contributed by atoms with Crippen molar-refractivity contribution in [1.82, 2.24) is 14.7 Å². The molecule has 0 aromatic rings. The van der Waals surface area contributed by atoms with Crippen molar-refractivity contribution in [3.8, 4) is 0 Å². The van der Waals surface area contributed by atoms with E-state index in [4.69, 9.17) is 39.1 Å². The van der Waals surface area contributed by atoms with Crippen LogP contribution in [0.15, 0.2) is 0 Å². The first-order valence-corrected chi connectivity index (χ1v) is 17.3. The Kier molecular flexibility index (Phi) is 41.8. The van der Waals surface area contributed by atoms with Gasteiger partial charge in [0.1, 0.15) is 31.4 Å². The molecule has 0 heterocycles. The molecule has 5 radical (unpaired) electrons. The molecule has 0 saturated carbocycles. The van der Waals surface area contributed by atoms with Gasteiger partial charge in [-0.1, -0.05) is 0 Å². The minimum Gasteiger partial charge on any atom is -0.324 e. The predicted octanol–water partition coefficient (Wildman–Crippen LogP) is -4.34. The third kappa shape index (κ3) is 42.8. The zero-order valence-electron chi connectivity index (χ0n) is 21.5. The van der Waals surface area contributed by atoms with Gasteiger partial charge in [0.15, 0.2) is 0 Å². The third-order valence-corrected chi connectivity index (χ3v) is 7.23. The van der Waals surface area contributed by atoms with Gasteiger partial charge in [0.2, 0.25) is 0 Å². The Morgan fingerprint density at radius 1 is 0.324 bits per heavy atom. The van der Waals surface area contributed by atoms with Crippen molar-refractivity contribution < 1.29 is 71.8 Å². The summed E-state index contributed by atoms with van der Waals surface area (Å²) < 4.78 is 56.1. The van der Waals surface area contributed by atoms with E-state index >= 15 is 0 Å². The Morgan fingerprint density at radius 3 is 0.622 bits per heavy atom. The van der Waals surface area contributed by atoms with Crippen LogP contribution in [0.25, 0.3) is 0 Å². The van der Waals surface area contributed by atoms with Crippen LogP contribution in [0.2, 0.25) is 0 Å². The van der Waals surface area contributed by atoms with Crippen LogP contribution in [-0.4, -0.2) is 378 Å². The van der Waals surface area contributed by atoms with E-state index in [1.807, 2.05) is 0 Å². The minimum atomic E-state index is -4.76. The number of hydrogen-bond acceptors (Lipinski definition) is 8. The van der Waals surface area contributed by atoms with Gasteiger partial charge < -0.3 is 48.9 Å². The first kappa shape index (κ1) is 58.0. The number of nitrogens with zero attached hydrogens (tertiary/aromatic N) is 3. The molecule has 199 valence electrons. The molecule has 0 aromatic heterocycles. The summed E-state index contributed by atoms with van der Waals surface area (Å²) in [4.78, 5) is 93.2. The Labute approximate surface area is 427 Å². The van der Waals surface area contributed by atoms with Gasteiger partial charge >= 0.3 is 38.0 Å². The molecule has 0 aliphatic carbocycles. The van der Waals surface area contributed by atoms with Crippen LogP contribution in [0, 0.1) is 0 Å². The Balaban J connectivity index is -0.000000480. The fraction of sp³-hybridized carbons (Fsp3) is 1.00. The largest absolute Gasteiger partial charge is 0.339 e. The van der Waals surface area contributed by atoms with Gasteiger partial charge in [0.25, 0.3) is 0 Å². The monoisotopic (exact) mass is 768 g/mol. The molecule has 28 heteroatoms. The minimum absolute atomic E-state index is 0. The normalized spacial score (nSPS) is 12.7. The van der Waals surface area contributed by atoms with Gasteiger partial charge in [-0.3, -0.25) is 37.5 Å².